The Morgan fingerprint density at radius 1 is 0.304 bits per heavy atom. The first kappa shape index (κ1) is 46.0. The molecule has 0 bridgehead atoms. The summed E-state index contributed by atoms with van der Waals surface area (Å²) in [5.74, 6) is 0. The molecule has 5 fully saturated rings. The molecule has 4 saturated heterocycles. The third kappa shape index (κ3) is 7.10. The van der Waals surface area contributed by atoms with Crippen molar-refractivity contribution in [3.8, 4) is 0 Å². The van der Waals surface area contributed by atoms with E-state index in [1.165, 1.54) is 0 Å². The zero-order chi connectivity index (χ0) is 41.9. The van der Waals surface area contributed by atoms with Crippen LogP contribution >= 0.6 is 0 Å². The standard InChI is InChI=1S/C30H52O26/c31-1-5-9(35)13(39)19(45)25(51-5)29(55-27-21(47)15(41)11(37)7(3-33)53-27)23(49)17(43)18(44)24(50)30(29,26-20(46)14(40)10(36)6(2-32)52-26)56-28-22(48)16(42)12(38)8(4-34)54-28/h5-28,31-50H,1-4H2/t5-,6-,7-,8-,9+,10+,11+,12+,13+,14+,15+,16+,17-,18-,19-,20-,21-,22-,23+,24+,25?,26?,27?,28?,29-,30+/m1/s1. The normalized spacial score (nSPS) is 57.2. The van der Waals surface area contributed by atoms with Crippen LogP contribution in [-0.4, -0.2) is 287 Å². The molecule has 26 atom stereocenters. The number of hydrogen-bond acceptors (Lipinski definition) is 26. The van der Waals surface area contributed by atoms with Crippen LogP contribution in [0.25, 0.3) is 0 Å². The lowest BCUT2D eigenvalue weighted by Crippen LogP contribution is -2.91. The number of aliphatic hydroxyl groups excluding tert-OH is 20. The number of hydrogen-bond donors (Lipinski definition) is 20. The Morgan fingerprint density at radius 3 is 0.821 bits per heavy atom. The molecular weight excluding hydrogens is 776 g/mol. The van der Waals surface area contributed by atoms with Crippen LogP contribution in [-0.2, 0) is 28.4 Å². The van der Waals surface area contributed by atoms with Crippen molar-refractivity contribution in [1.82, 2.24) is 0 Å². The second-order valence-corrected chi connectivity index (χ2v) is 14.6. The monoisotopic (exact) mass is 828 g/mol. The van der Waals surface area contributed by atoms with Crippen molar-refractivity contribution >= 4 is 0 Å². The largest absolute Gasteiger partial charge is 0.394 e. The molecule has 328 valence electrons. The van der Waals surface area contributed by atoms with Crippen LogP contribution < -0.4 is 0 Å². The highest BCUT2D eigenvalue weighted by Crippen LogP contribution is 2.55. The highest BCUT2D eigenvalue weighted by atomic mass is 16.8. The topological polar surface area (TPSA) is 460 Å². The van der Waals surface area contributed by atoms with E-state index in [4.69, 9.17) is 28.4 Å². The van der Waals surface area contributed by atoms with Crippen LogP contribution in [0.2, 0.25) is 0 Å². The molecule has 20 N–H and O–H groups in total. The maximum absolute atomic E-state index is 12.2. The maximum Gasteiger partial charge on any atom is 0.187 e. The Balaban J connectivity index is 1.89. The van der Waals surface area contributed by atoms with Gasteiger partial charge in [0.05, 0.1) is 26.4 Å². The van der Waals surface area contributed by atoms with Gasteiger partial charge in [0.15, 0.2) is 23.8 Å². The van der Waals surface area contributed by atoms with Crippen LogP contribution in [0.15, 0.2) is 0 Å². The Bertz CT molecular complexity index is 1190. The summed E-state index contributed by atoms with van der Waals surface area (Å²) < 4.78 is 34.5. The van der Waals surface area contributed by atoms with Gasteiger partial charge in [0, 0.05) is 0 Å². The number of rotatable bonds is 10. The Morgan fingerprint density at radius 2 is 0.554 bits per heavy atom. The zero-order valence-corrected chi connectivity index (χ0v) is 29.1. The fraction of sp³-hybridized carbons (Fsp3) is 1.00. The fourth-order valence-electron chi connectivity index (χ4n) is 8.21. The minimum atomic E-state index is -3.83. The molecule has 1 saturated carbocycles. The summed E-state index contributed by atoms with van der Waals surface area (Å²) in [6, 6.07) is 0. The average molecular weight is 829 g/mol. The Kier molecular flexibility index (Phi) is 14.4. The molecule has 5 rings (SSSR count). The van der Waals surface area contributed by atoms with Crippen molar-refractivity contribution in [2.75, 3.05) is 26.4 Å². The van der Waals surface area contributed by atoms with E-state index in [1.807, 2.05) is 0 Å². The summed E-state index contributed by atoms with van der Waals surface area (Å²) in [5, 5.41) is 219. The molecule has 1 aliphatic carbocycles. The molecule has 0 spiro atoms. The lowest BCUT2D eigenvalue weighted by molar-refractivity contribution is -0.469. The van der Waals surface area contributed by atoms with Crippen LogP contribution in [0.3, 0.4) is 0 Å². The molecule has 4 heterocycles. The summed E-state index contributed by atoms with van der Waals surface area (Å²) in [6.45, 7) is -4.79. The second kappa shape index (κ2) is 17.5. The molecule has 26 nitrogen and oxygen atoms in total. The van der Waals surface area contributed by atoms with Gasteiger partial charge in [0.1, 0.15) is 134 Å². The van der Waals surface area contributed by atoms with E-state index in [1.54, 1.807) is 0 Å². The van der Waals surface area contributed by atoms with Crippen molar-refractivity contribution in [2.45, 2.75) is 158 Å². The first-order chi connectivity index (χ1) is 26.2. The van der Waals surface area contributed by atoms with Gasteiger partial charge >= 0.3 is 0 Å². The Hall–Kier alpha value is -1.04. The van der Waals surface area contributed by atoms with Crippen LogP contribution in [0.5, 0.6) is 0 Å². The second-order valence-electron chi connectivity index (χ2n) is 14.6. The van der Waals surface area contributed by atoms with Gasteiger partial charge in [-0.05, 0) is 0 Å². The molecule has 4 unspecified atom stereocenters. The Labute approximate surface area is 315 Å². The molecule has 4 aliphatic heterocycles. The highest BCUT2D eigenvalue weighted by molar-refractivity contribution is 5.29. The summed E-state index contributed by atoms with van der Waals surface area (Å²) in [6.07, 6.45) is -59.4. The minimum Gasteiger partial charge on any atom is -0.394 e. The fourth-order valence-corrected chi connectivity index (χ4v) is 8.21. The van der Waals surface area contributed by atoms with E-state index in [0.29, 0.717) is 0 Å². The van der Waals surface area contributed by atoms with Gasteiger partial charge in [0.25, 0.3) is 0 Å². The van der Waals surface area contributed by atoms with Gasteiger partial charge < -0.3 is 131 Å². The quantitative estimate of drug-likeness (QED) is 0.0972. The van der Waals surface area contributed by atoms with Crippen molar-refractivity contribution in [2.24, 2.45) is 0 Å². The molecule has 0 aromatic carbocycles. The van der Waals surface area contributed by atoms with E-state index in [9.17, 15) is 102 Å². The smallest absolute Gasteiger partial charge is 0.187 e. The minimum absolute atomic E-state index is 1.15. The summed E-state index contributed by atoms with van der Waals surface area (Å²) in [4.78, 5) is 0. The van der Waals surface area contributed by atoms with Gasteiger partial charge in [-0.15, -0.1) is 0 Å². The van der Waals surface area contributed by atoms with Crippen LogP contribution in [0.4, 0.5) is 0 Å². The van der Waals surface area contributed by atoms with Gasteiger partial charge in [-0.25, -0.2) is 0 Å². The predicted molar refractivity (Wildman–Crippen MR) is 167 cm³/mol. The van der Waals surface area contributed by atoms with Crippen molar-refractivity contribution in [1.29, 1.82) is 0 Å². The molecule has 0 radical (unpaired) electrons. The highest BCUT2D eigenvalue weighted by Gasteiger charge is 2.81. The average Bonchev–Trinajstić information content (AvgIpc) is 3.19. The summed E-state index contributed by atoms with van der Waals surface area (Å²) >= 11 is 0. The van der Waals surface area contributed by atoms with Crippen LogP contribution in [0, 0.1) is 0 Å². The van der Waals surface area contributed by atoms with E-state index >= 15 is 0 Å². The van der Waals surface area contributed by atoms with Crippen LogP contribution in [0.1, 0.15) is 0 Å². The molecule has 0 amide bonds. The van der Waals surface area contributed by atoms with Crippen molar-refractivity contribution < 1.29 is 131 Å². The molecule has 26 heteroatoms. The third-order valence-corrected chi connectivity index (χ3v) is 11.4. The van der Waals surface area contributed by atoms with E-state index in [0.717, 1.165) is 0 Å². The first-order valence-electron chi connectivity index (χ1n) is 17.5. The number of aliphatic hydroxyl groups is 20. The molecule has 0 aromatic heterocycles. The van der Waals surface area contributed by atoms with Gasteiger partial charge in [-0.2, -0.15) is 0 Å². The number of ether oxygens (including phenoxy) is 6. The van der Waals surface area contributed by atoms with E-state index in [-0.39, 0.29) is 0 Å². The van der Waals surface area contributed by atoms with Gasteiger partial charge in [-0.3, -0.25) is 0 Å². The van der Waals surface area contributed by atoms with E-state index in [2.05, 4.69) is 0 Å². The molecule has 56 heavy (non-hydrogen) atoms. The summed E-state index contributed by atoms with van der Waals surface area (Å²) in [5.41, 5.74) is -7.67. The predicted octanol–water partition coefficient (Wildman–Crippen LogP) is -13.8. The van der Waals surface area contributed by atoms with Crippen molar-refractivity contribution in [3.05, 3.63) is 0 Å². The summed E-state index contributed by atoms with van der Waals surface area (Å²) in [7, 11) is 0. The third-order valence-electron chi connectivity index (χ3n) is 11.4. The lowest BCUT2D eigenvalue weighted by atomic mass is 9.57. The lowest BCUT2D eigenvalue weighted by Gasteiger charge is -2.67. The maximum atomic E-state index is 12.2. The van der Waals surface area contributed by atoms with Gasteiger partial charge in [-0.1, -0.05) is 0 Å². The van der Waals surface area contributed by atoms with Crippen molar-refractivity contribution in [3.63, 3.8) is 0 Å². The molecule has 0 aromatic rings. The first-order valence-corrected chi connectivity index (χ1v) is 17.5. The van der Waals surface area contributed by atoms with Gasteiger partial charge in [0.2, 0.25) is 0 Å². The SMILES string of the molecule is OC[C@H]1OC(O[C@]2(C3O[C@H](CO)[C@H](O)[C@H](O)[C@H]3O)[C@@H](O)[C@H](O)[C@@H](O)[C@H](O)[C@@]2(OC2O[C@H](CO)[C@H](O)[C@H](O)[C@H]2O)C2O[C@H](CO)[C@H](O)[C@H](O)[C@H]2O)[C@H](O)[C@@H](O)[C@H]1O. The molecule has 5 aliphatic rings. The zero-order valence-electron chi connectivity index (χ0n) is 29.1. The van der Waals surface area contributed by atoms with E-state index < -0.39 is 184 Å². The molecular formula is C30H52O26.